The van der Waals surface area contributed by atoms with Crippen molar-refractivity contribution in [1.82, 2.24) is 4.98 Å². The Balaban J connectivity index is 2.15. The average Bonchev–Trinajstić information content (AvgIpc) is 3.01. The van der Waals surface area contributed by atoms with E-state index in [9.17, 15) is 4.79 Å². The van der Waals surface area contributed by atoms with Crippen molar-refractivity contribution in [2.24, 2.45) is 5.92 Å². The molecular weight excluding hydrogens is 226 g/mol. The standard InChI is InChI=1S/C15H23NO2/c1-4-18-14(17)13-9-12(10-16-13)15(2,3)11-7-5-6-8-11/h9-11,16H,4-8H2,1-3H3. The van der Waals surface area contributed by atoms with Gasteiger partial charge < -0.3 is 9.72 Å². The number of hydrogen-bond acceptors (Lipinski definition) is 2. The number of carbonyl (C=O) groups excluding carboxylic acids is 1. The summed E-state index contributed by atoms with van der Waals surface area (Å²) >= 11 is 0. The van der Waals surface area contributed by atoms with Crippen molar-refractivity contribution in [2.45, 2.75) is 51.9 Å². The van der Waals surface area contributed by atoms with Gasteiger partial charge in [-0.25, -0.2) is 4.79 Å². The van der Waals surface area contributed by atoms with E-state index in [0.717, 1.165) is 5.92 Å². The first kappa shape index (κ1) is 13.2. The first-order chi connectivity index (χ1) is 8.55. The zero-order valence-electron chi connectivity index (χ0n) is 11.6. The summed E-state index contributed by atoms with van der Waals surface area (Å²) in [6.45, 7) is 6.80. The van der Waals surface area contributed by atoms with Gasteiger partial charge in [-0.1, -0.05) is 26.7 Å². The minimum Gasteiger partial charge on any atom is -0.461 e. The summed E-state index contributed by atoms with van der Waals surface area (Å²) in [4.78, 5) is 14.7. The Labute approximate surface area is 109 Å². The molecule has 1 aromatic heterocycles. The fraction of sp³-hybridized carbons (Fsp3) is 0.667. The van der Waals surface area contributed by atoms with Crippen molar-refractivity contribution in [3.8, 4) is 0 Å². The van der Waals surface area contributed by atoms with Gasteiger partial charge in [0.25, 0.3) is 0 Å². The highest BCUT2D eigenvalue weighted by molar-refractivity contribution is 5.87. The highest BCUT2D eigenvalue weighted by Gasteiger charge is 2.34. The van der Waals surface area contributed by atoms with Crippen LogP contribution in [0.15, 0.2) is 12.3 Å². The van der Waals surface area contributed by atoms with Crippen molar-refractivity contribution >= 4 is 5.97 Å². The quantitative estimate of drug-likeness (QED) is 0.827. The Kier molecular flexibility index (Phi) is 3.79. The van der Waals surface area contributed by atoms with Gasteiger partial charge in [-0.2, -0.15) is 0 Å². The molecule has 18 heavy (non-hydrogen) atoms. The molecule has 0 aromatic carbocycles. The topological polar surface area (TPSA) is 42.1 Å². The Bertz CT molecular complexity index is 414. The molecule has 1 aliphatic carbocycles. The average molecular weight is 249 g/mol. The highest BCUT2D eigenvalue weighted by Crippen LogP contribution is 2.41. The van der Waals surface area contributed by atoms with Crippen LogP contribution in [0.3, 0.4) is 0 Å². The van der Waals surface area contributed by atoms with Crippen LogP contribution in [0.5, 0.6) is 0 Å². The maximum absolute atomic E-state index is 11.7. The molecule has 1 heterocycles. The predicted molar refractivity (Wildman–Crippen MR) is 71.7 cm³/mol. The second kappa shape index (κ2) is 5.17. The van der Waals surface area contributed by atoms with Gasteiger partial charge in [0.05, 0.1) is 6.61 Å². The maximum atomic E-state index is 11.7. The maximum Gasteiger partial charge on any atom is 0.354 e. The number of esters is 1. The van der Waals surface area contributed by atoms with Crippen LogP contribution in [-0.2, 0) is 10.2 Å². The van der Waals surface area contributed by atoms with Crippen LogP contribution in [0.25, 0.3) is 0 Å². The molecule has 0 bridgehead atoms. The second-order valence-corrected chi connectivity index (χ2v) is 5.73. The van der Waals surface area contributed by atoms with Gasteiger partial charge >= 0.3 is 5.97 Å². The molecule has 1 fully saturated rings. The Morgan fingerprint density at radius 3 is 2.72 bits per heavy atom. The van der Waals surface area contributed by atoms with E-state index < -0.39 is 0 Å². The molecule has 2 rings (SSSR count). The first-order valence-corrected chi connectivity index (χ1v) is 6.91. The molecule has 1 saturated carbocycles. The minimum absolute atomic E-state index is 0.137. The largest absolute Gasteiger partial charge is 0.461 e. The molecule has 0 atom stereocenters. The van der Waals surface area contributed by atoms with E-state index in [1.165, 1.54) is 31.2 Å². The normalized spacial score (nSPS) is 17.1. The summed E-state index contributed by atoms with van der Waals surface area (Å²) in [5.41, 5.74) is 1.92. The summed E-state index contributed by atoms with van der Waals surface area (Å²) in [5, 5.41) is 0. The number of aromatic nitrogens is 1. The zero-order valence-corrected chi connectivity index (χ0v) is 11.6. The third kappa shape index (κ3) is 2.45. The number of H-pyrrole nitrogens is 1. The van der Waals surface area contributed by atoms with Crippen LogP contribution in [0.2, 0.25) is 0 Å². The summed E-state index contributed by atoms with van der Waals surface area (Å²) < 4.78 is 5.01. The molecule has 0 unspecified atom stereocenters. The van der Waals surface area contributed by atoms with E-state index in [0.29, 0.717) is 12.3 Å². The summed E-state index contributed by atoms with van der Waals surface area (Å²) in [5.74, 6) is 0.467. The molecule has 3 nitrogen and oxygen atoms in total. The van der Waals surface area contributed by atoms with Crippen molar-refractivity contribution in [3.63, 3.8) is 0 Å². The molecule has 3 heteroatoms. The number of nitrogens with one attached hydrogen (secondary N) is 1. The molecule has 1 N–H and O–H groups in total. The SMILES string of the molecule is CCOC(=O)c1cc(C(C)(C)C2CCCC2)c[nH]1. The lowest BCUT2D eigenvalue weighted by atomic mass is 9.73. The van der Waals surface area contributed by atoms with Gasteiger partial charge in [-0.15, -0.1) is 0 Å². The third-order valence-corrected chi connectivity index (χ3v) is 4.30. The van der Waals surface area contributed by atoms with Crippen LogP contribution < -0.4 is 0 Å². The molecule has 0 radical (unpaired) electrons. The number of aromatic amines is 1. The van der Waals surface area contributed by atoms with Crippen molar-refractivity contribution in [3.05, 3.63) is 23.5 Å². The molecule has 0 saturated heterocycles. The van der Waals surface area contributed by atoms with Gasteiger partial charge in [0.15, 0.2) is 0 Å². The van der Waals surface area contributed by atoms with Crippen LogP contribution in [0.4, 0.5) is 0 Å². The van der Waals surface area contributed by atoms with Gasteiger partial charge in [0.1, 0.15) is 5.69 Å². The lowest BCUT2D eigenvalue weighted by molar-refractivity contribution is 0.0520. The van der Waals surface area contributed by atoms with Crippen LogP contribution in [0, 0.1) is 5.92 Å². The highest BCUT2D eigenvalue weighted by atomic mass is 16.5. The molecule has 0 aliphatic heterocycles. The van der Waals surface area contributed by atoms with E-state index >= 15 is 0 Å². The van der Waals surface area contributed by atoms with Crippen molar-refractivity contribution in [2.75, 3.05) is 6.61 Å². The summed E-state index contributed by atoms with van der Waals surface area (Å²) in [6.07, 6.45) is 7.23. The van der Waals surface area contributed by atoms with Gasteiger partial charge in [0, 0.05) is 6.20 Å². The lowest BCUT2D eigenvalue weighted by Gasteiger charge is -2.31. The van der Waals surface area contributed by atoms with E-state index in [2.05, 4.69) is 18.8 Å². The lowest BCUT2D eigenvalue weighted by Crippen LogP contribution is -2.26. The van der Waals surface area contributed by atoms with Crippen LogP contribution >= 0.6 is 0 Å². The van der Waals surface area contributed by atoms with Crippen LogP contribution in [0.1, 0.15) is 62.5 Å². The smallest absolute Gasteiger partial charge is 0.354 e. The van der Waals surface area contributed by atoms with Crippen molar-refractivity contribution < 1.29 is 9.53 Å². The summed E-state index contributed by atoms with van der Waals surface area (Å²) in [6, 6.07) is 1.95. The van der Waals surface area contributed by atoms with Crippen LogP contribution in [-0.4, -0.2) is 17.6 Å². The number of rotatable bonds is 4. The minimum atomic E-state index is -0.258. The third-order valence-electron chi connectivity index (χ3n) is 4.30. The van der Waals surface area contributed by atoms with Crippen molar-refractivity contribution in [1.29, 1.82) is 0 Å². The summed E-state index contributed by atoms with van der Waals surface area (Å²) in [7, 11) is 0. The molecule has 1 aromatic rings. The molecule has 100 valence electrons. The van der Waals surface area contributed by atoms with Gasteiger partial charge in [0.2, 0.25) is 0 Å². The second-order valence-electron chi connectivity index (χ2n) is 5.73. The molecule has 0 spiro atoms. The number of carbonyl (C=O) groups is 1. The number of ether oxygens (including phenoxy) is 1. The van der Waals surface area contributed by atoms with E-state index in [1.807, 2.05) is 19.2 Å². The van der Waals surface area contributed by atoms with Gasteiger partial charge in [-0.3, -0.25) is 0 Å². The monoisotopic (exact) mass is 249 g/mol. The molecule has 0 amide bonds. The predicted octanol–water partition coefficient (Wildman–Crippen LogP) is 3.66. The Morgan fingerprint density at radius 2 is 2.11 bits per heavy atom. The molecule has 1 aliphatic rings. The zero-order chi connectivity index (χ0) is 13.2. The molecular formula is C15H23NO2. The Hall–Kier alpha value is -1.25. The Morgan fingerprint density at radius 1 is 1.44 bits per heavy atom. The fourth-order valence-electron chi connectivity index (χ4n) is 2.98. The number of hydrogen-bond donors (Lipinski definition) is 1. The van der Waals surface area contributed by atoms with E-state index in [-0.39, 0.29) is 11.4 Å². The first-order valence-electron chi connectivity index (χ1n) is 6.91. The van der Waals surface area contributed by atoms with E-state index in [4.69, 9.17) is 4.74 Å². The fourth-order valence-corrected chi connectivity index (χ4v) is 2.98. The van der Waals surface area contributed by atoms with Gasteiger partial charge in [-0.05, 0) is 42.7 Å². The van der Waals surface area contributed by atoms with E-state index in [1.54, 1.807) is 0 Å².